The number of piperazine rings is 1. The van der Waals surface area contributed by atoms with E-state index in [9.17, 15) is 13.6 Å². The quantitative estimate of drug-likeness (QED) is 0.786. The van der Waals surface area contributed by atoms with Gasteiger partial charge in [-0.15, -0.1) is 0 Å². The first-order valence-electron chi connectivity index (χ1n) is 7.52. The van der Waals surface area contributed by atoms with Gasteiger partial charge in [-0.3, -0.25) is 4.90 Å². The normalized spacial score (nSPS) is 25.2. The molecule has 1 aromatic rings. The molecule has 0 radical (unpaired) electrons. The number of ether oxygens (including phenoxy) is 1. The van der Waals surface area contributed by atoms with E-state index in [1.54, 1.807) is 0 Å². The van der Waals surface area contributed by atoms with Gasteiger partial charge in [0.05, 0.1) is 7.11 Å². The third kappa shape index (κ3) is 2.45. The van der Waals surface area contributed by atoms with Crippen LogP contribution in [0.5, 0.6) is 0 Å². The first kappa shape index (κ1) is 15.2. The molecule has 2 aliphatic heterocycles. The summed E-state index contributed by atoms with van der Waals surface area (Å²) in [5.74, 6) is -2.74. The molecule has 2 saturated heterocycles. The number of esters is 1. The van der Waals surface area contributed by atoms with Gasteiger partial charge in [0.2, 0.25) is 0 Å². The average molecular weight is 310 g/mol. The first-order valence-corrected chi connectivity index (χ1v) is 7.52. The number of benzene rings is 1. The second kappa shape index (κ2) is 5.50. The highest BCUT2D eigenvalue weighted by molar-refractivity contribution is 5.90. The van der Waals surface area contributed by atoms with Crippen LogP contribution in [0.1, 0.15) is 30.1 Å². The minimum atomic E-state index is -0.992. The summed E-state index contributed by atoms with van der Waals surface area (Å²) in [7, 11) is 1.11. The van der Waals surface area contributed by atoms with Gasteiger partial charge in [-0.05, 0) is 38.4 Å². The molecule has 6 heteroatoms. The molecule has 1 aromatic carbocycles. The number of fused-ring (bicyclic) bond motifs is 1. The highest BCUT2D eigenvalue weighted by Gasteiger charge is 2.41. The van der Waals surface area contributed by atoms with Crippen molar-refractivity contribution in [3.8, 4) is 0 Å². The Kier molecular flexibility index (Phi) is 3.80. The summed E-state index contributed by atoms with van der Waals surface area (Å²) in [6.45, 7) is 5.64. The molecule has 2 aliphatic rings. The van der Waals surface area contributed by atoms with Crippen LogP contribution in [-0.4, -0.2) is 49.7 Å². The van der Waals surface area contributed by atoms with Gasteiger partial charge in [0, 0.05) is 30.9 Å². The largest absolute Gasteiger partial charge is 0.465 e. The van der Waals surface area contributed by atoms with Gasteiger partial charge in [0.15, 0.2) is 0 Å². The molecule has 2 heterocycles. The SMILES string of the molecule is COC(=O)c1c(F)cc(N2CCN3CCC[C@@]3(C)C2)cc1F. The minimum Gasteiger partial charge on any atom is -0.465 e. The lowest BCUT2D eigenvalue weighted by Gasteiger charge is -2.46. The van der Waals surface area contributed by atoms with Crippen molar-refractivity contribution in [3.63, 3.8) is 0 Å². The van der Waals surface area contributed by atoms with E-state index in [0.717, 1.165) is 46.1 Å². The number of carbonyl (C=O) groups excluding carboxylic acids is 1. The Bertz CT molecular complexity index is 585. The predicted molar refractivity (Wildman–Crippen MR) is 79.1 cm³/mol. The molecule has 0 N–H and O–H groups in total. The van der Waals surface area contributed by atoms with E-state index in [0.29, 0.717) is 5.69 Å². The van der Waals surface area contributed by atoms with Crippen LogP contribution >= 0.6 is 0 Å². The number of rotatable bonds is 2. The molecular formula is C16H20F2N2O2. The van der Waals surface area contributed by atoms with Crippen molar-refractivity contribution < 1.29 is 18.3 Å². The summed E-state index contributed by atoms with van der Waals surface area (Å²) < 4.78 is 32.6. The van der Waals surface area contributed by atoms with Gasteiger partial charge in [0.1, 0.15) is 17.2 Å². The summed E-state index contributed by atoms with van der Waals surface area (Å²) in [4.78, 5) is 15.9. The van der Waals surface area contributed by atoms with Crippen LogP contribution in [0.15, 0.2) is 12.1 Å². The zero-order valence-electron chi connectivity index (χ0n) is 12.9. The topological polar surface area (TPSA) is 32.8 Å². The minimum absolute atomic E-state index is 0.0617. The van der Waals surface area contributed by atoms with Crippen LogP contribution in [0.25, 0.3) is 0 Å². The molecule has 22 heavy (non-hydrogen) atoms. The summed E-state index contributed by atoms with van der Waals surface area (Å²) >= 11 is 0. The van der Waals surface area contributed by atoms with Crippen molar-refractivity contribution >= 4 is 11.7 Å². The fourth-order valence-corrected chi connectivity index (χ4v) is 3.63. The Hall–Kier alpha value is -1.69. The number of halogens is 2. The number of hydrogen-bond acceptors (Lipinski definition) is 4. The maximum Gasteiger partial charge on any atom is 0.343 e. The third-order valence-electron chi connectivity index (χ3n) is 4.86. The Labute approximate surface area is 128 Å². The first-order chi connectivity index (χ1) is 10.4. The molecule has 4 nitrogen and oxygen atoms in total. The highest BCUT2D eigenvalue weighted by atomic mass is 19.1. The van der Waals surface area contributed by atoms with E-state index in [-0.39, 0.29) is 5.54 Å². The lowest BCUT2D eigenvalue weighted by atomic mass is 9.95. The molecule has 0 aliphatic carbocycles. The summed E-state index contributed by atoms with van der Waals surface area (Å²) in [5, 5.41) is 0. The number of anilines is 1. The fourth-order valence-electron chi connectivity index (χ4n) is 3.63. The molecule has 2 fully saturated rings. The molecule has 0 bridgehead atoms. The summed E-state index contributed by atoms with van der Waals surface area (Å²) in [6, 6.07) is 2.45. The van der Waals surface area contributed by atoms with Crippen LogP contribution in [0, 0.1) is 11.6 Å². The number of carbonyl (C=O) groups is 1. The molecule has 120 valence electrons. The molecule has 0 spiro atoms. The number of methoxy groups -OCH3 is 1. The monoisotopic (exact) mass is 310 g/mol. The van der Waals surface area contributed by atoms with Gasteiger partial charge in [-0.1, -0.05) is 0 Å². The highest BCUT2D eigenvalue weighted by Crippen LogP contribution is 2.34. The van der Waals surface area contributed by atoms with E-state index in [2.05, 4.69) is 16.6 Å². The van der Waals surface area contributed by atoms with Gasteiger partial charge >= 0.3 is 5.97 Å². The Morgan fingerprint density at radius 3 is 2.55 bits per heavy atom. The maximum atomic E-state index is 14.1. The van der Waals surface area contributed by atoms with Crippen LogP contribution in [0.4, 0.5) is 14.5 Å². The van der Waals surface area contributed by atoms with E-state index < -0.39 is 23.2 Å². The number of nitrogens with zero attached hydrogens (tertiary/aromatic N) is 2. The smallest absolute Gasteiger partial charge is 0.343 e. The van der Waals surface area contributed by atoms with Crippen molar-refractivity contribution in [2.75, 3.05) is 38.2 Å². The zero-order chi connectivity index (χ0) is 15.9. The maximum absolute atomic E-state index is 14.1. The lowest BCUT2D eigenvalue weighted by molar-refractivity contribution is 0.0590. The van der Waals surface area contributed by atoms with Gasteiger partial charge in [-0.2, -0.15) is 0 Å². The second-order valence-corrected chi connectivity index (χ2v) is 6.29. The van der Waals surface area contributed by atoms with E-state index in [1.165, 1.54) is 12.1 Å². The Balaban J connectivity index is 1.88. The Morgan fingerprint density at radius 2 is 1.91 bits per heavy atom. The van der Waals surface area contributed by atoms with Gasteiger partial charge in [-0.25, -0.2) is 13.6 Å². The molecule has 0 unspecified atom stereocenters. The average Bonchev–Trinajstić information content (AvgIpc) is 2.86. The van der Waals surface area contributed by atoms with E-state index in [4.69, 9.17) is 0 Å². The van der Waals surface area contributed by atoms with Crippen molar-refractivity contribution in [3.05, 3.63) is 29.3 Å². The lowest BCUT2D eigenvalue weighted by Crippen LogP contribution is -2.57. The van der Waals surface area contributed by atoms with Crippen molar-refractivity contribution in [1.29, 1.82) is 0 Å². The molecule has 1 atom stereocenters. The molecule has 0 amide bonds. The van der Waals surface area contributed by atoms with E-state index in [1.807, 2.05) is 4.90 Å². The van der Waals surface area contributed by atoms with Gasteiger partial charge in [0.25, 0.3) is 0 Å². The zero-order valence-corrected chi connectivity index (χ0v) is 12.9. The van der Waals surface area contributed by atoms with Crippen LogP contribution in [0.2, 0.25) is 0 Å². The summed E-state index contributed by atoms with van der Waals surface area (Å²) in [5.41, 5.74) is -0.0842. The van der Waals surface area contributed by atoms with Crippen LogP contribution in [-0.2, 0) is 4.74 Å². The van der Waals surface area contributed by atoms with Crippen LogP contribution in [0.3, 0.4) is 0 Å². The summed E-state index contributed by atoms with van der Waals surface area (Å²) in [6.07, 6.45) is 2.25. The van der Waals surface area contributed by atoms with Crippen molar-refractivity contribution in [2.45, 2.75) is 25.3 Å². The van der Waals surface area contributed by atoms with Crippen molar-refractivity contribution in [2.24, 2.45) is 0 Å². The van der Waals surface area contributed by atoms with Crippen LogP contribution < -0.4 is 4.90 Å². The molecular weight excluding hydrogens is 290 g/mol. The molecule has 3 rings (SSSR count). The Morgan fingerprint density at radius 1 is 1.23 bits per heavy atom. The van der Waals surface area contributed by atoms with Gasteiger partial charge < -0.3 is 9.64 Å². The third-order valence-corrected chi connectivity index (χ3v) is 4.86. The molecule has 0 aromatic heterocycles. The van der Waals surface area contributed by atoms with Crippen molar-refractivity contribution in [1.82, 2.24) is 4.90 Å². The predicted octanol–water partition coefficient (Wildman–Crippen LogP) is 2.43. The standard InChI is InChI=1S/C16H20F2N2O2/c1-16-4-3-5-20(16)7-6-19(10-16)11-8-12(17)14(13(18)9-11)15(21)22-2/h8-9H,3-7,10H2,1-2H3/t16-/m0/s1. The number of hydrogen-bond donors (Lipinski definition) is 0. The van der Waals surface area contributed by atoms with E-state index >= 15 is 0 Å². The second-order valence-electron chi connectivity index (χ2n) is 6.29. The molecule has 0 saturated carbocycles. The fraction of sp³-hybridized carbons (Fsp3) is 0.562.